The molecule has 2 fully saturated rings. The normalized spacial score (nSPS) is 17.7. The number of amides is 4. The quantitative estimate of drug-likeness (QED) is 0.528. The number of piperazine rings is 1. The van der Waals surface area contributed by atoms with Crippen molar-refractivity contribution in [3.05, 3.63) is 66.9 Å². The number of rotatable bonds is 6. The van der Waals surface area contributed by atoms with Gasteiger partial charge in [0.05, 0.1) is 12.1 Å². The van der Waals surface area contributed by atoms with E-state index in [4.69, 9.17) is 9.72 Å². The SMILES string of the molecule is O=C1NC(=O)C(CC(=O)N2CCN(c3nccc(-c4ccc(Oc5ccccc5)cc4)n3)CC2)N1. The van der Waals surface area contributed by atoms with E-state index in [9.17, 15) is 14.4 Å². The van der Waals surface area contributed by atoms with Crippen molar-refractivity contribution in [1.82, 2.24) is 25.5 Å². The highest BCUT2D eigenvalue weighted by atomic mass is 16.5. The molecule has 1 atom stereocenters. The van der Waals surface area contributed by atoms with Gasteiger partial charge in [0.1, 0.15) is 17.5 Å². The van der Waals surface area contributed by atoms with Gasteiger partial charge >= 0.3 is 6.03 Å². The minimum atomic E-state index is -0.808. The molecule has 2 saturated heterocycles. The number of hydrogen-bond acceptors (Lipinski definition) is 7. The largest absolute Gasteiger partial charge is 0.457 e. The fourth-order valence-corrected chi connectivity index (χ4v) is 4.04. The number of aromatic nitrogens is 2. The fraction of sp³-hybridized carbons (Fsp3) is 0.240. The van der Waals surface area contributed by atoms with Crippen molar-refractivity contribution in [2.45, 2.75) is 12.5 Å². The molecule has 2 aromatic carbocycles. The summed E-state index contributed by atoms with van der Waals surface area (Å²) in [5, 5.41) is 4.60. The van der Waals surface area contributed by atoms with Crippen molar-refractivity contribution < 1.29 is 19.1 Å². The number of anilines is 1. The summed E-state index contributed by atoms with van der Waals surface area (Å²) >= 11 is 0. The Balaban J connectivity index is 1.18. The van der Waals surface area contributed by atoms with Crippen LogP contribution in [0.25, 0.3) is 11.3 Å². The monoisotopic (exact) mass is 472 g/mol. The van der Waals surface area contributed by atoms with Gasteiger partial charge in [0.2, 0.25) is 11.9 Å². The number of ether oxygens (including phenoxy) is 1. The summed E-state index contributed by atoms with van der Waals surface area (Å²) in [4.78, 5) is 48.4. The second-order valence-corrected chi connectivity index (χ2v) is 8.27. The highest BCUT2D eigenvalue weighted by molar-refractivity contribution is 6.05. The van der Waals surface area contributed by atoms with Gasteiger partial charge in [0.25, 0.3) is 5.91 Å². The molecule has 0 saturated carbocycles. The van der Waals surface area contributed by atoms with Crippen molar-refractivity contribution in [2.24, 2.45) is 0 Å². The number of carbonyl (C=O) groups excluding carboxylic acids is 3. The molecule has 4 amide bonds. The summed E-state index contributed by atoms with van der Waals surface area (Å²) in [5.41, 5.74) is 1.74. The fourth-order valence-electron chi connectivity index (χ4n) is 4.04. The average molecular weight is 473 g/mol. The Morgan fingerprint density at radius 1 is 0.943 bits per heavy atom. The van der Waals surface area contributed by atoms with Crippen LogP contribution < -0.4 is 20.3 Å². The van der Waals surface area contributed by atoms with Gasteiger partial charge < -0.3 is 19.9 Å². The predicted octanol–water partition coefficient (Wildman–Crippen LogP) is 2.18. The summed E-state index contributed by atoms with van der Waals surface area (Å²) in [5.74, 6) is 1.48. The third-order valence-electron chi connectivity index (χ3n) is 5.92. The highest BCUT2D eigenvalue weighted by Crippen LogP contribution is 2.25. The van der Waals surface area contributed by atoms with Crippen molar-refractivity contribution in [3.63, 3.8) is 0 Å². The van der Waals surface area contributed by atoms with E-state index < -0.39 is 18.0 Å². The predicted molar refractivity (Wildman–Crippen MR) is 128 cm³/mol. The number of imide groups is 1. The molecule has 10 heteroatoms. The molecular weight excluding hydrogens is 448 g/mol. The van der Waals surface area contributed by atoms with E-state index in [0.717, 1.165) is 22.8 Å². The Hall–Kier alpha value is -4.47. The second kappa shape index (κ2) is 9.80. The number of para-hydroxylation sites is 1. The van der Waals surface area contributed by atoms with E-state index in [2.05, 4.69) is 15.6 Å². The number of nitrogens with zero attached hydrogens (tertiary/aromatic N) is 4. The maximum absolute atomic E-state index is 12.6. The van der Waals surface area contributed by atoms with E-state index in [1.165, 1.54) is 0 Å². The van der Waals surface area contributed by atoms with Gasteiger partial charge in [0.15, 0.2) is 0 Å². The zero-order valence-electron chi connectivity index (χ0n) is 18.9. The Bertz CT molecular complexity index is 1230. The lowest BCUT2D eigenvalue weighted by molar-refractivity contribution is -0.134. The van der Waals surface area contributed by atoms with Gasteiger partial charge in [-0.2, -0.15) is 0 Å². The van der Waals surface area contributed by atoms with Crippen molar-refractivity contribution in [3.8, 4) is 22.8 Å². The van der Waals surface area contributed by atoms with Gasteiger partial charge in [-0.3, -0.25) is 14.9 Å². The van der Waals surface area contributed by atoms with Gasteiger partial charge in [-0.15, -0.1) is 0 Å². The Morgan fingerprint density at radius 2 is 1.66 bits per heavy atom. The summed E-state index contributed by atoms with van der Waals surface area (Å²) in [6.45, 7) is 2.12. The number of carbonyl (C=O) groups is 3. The highest BCUT2D eigenvalue weighted by Gasteiger charge is 2.33. The van der Waals surface area contributed by atoms with Crippen molar-refractivity contribution in [1.29, 1.82) is 0 Å². The zero-order chi connectivity index (χ0) is 24.2. The van der Waals surface area contributed by atoms with Crippen LogP contribution in [-0.4, -0.2) is 64.9 Å². The van der Waals surface area contributed by atoms with Crippen LogP contribution in [0.2, 0.25) is 0 Å². The Kier molecular flexibility index (Phi) is 6.25. The van der Waals surface area contributed by atoms with Crippen LogP contribution >= 0.6 is 0 Å². The van der Waals surface area contributed by atoms with E-state index >= 15 is 0 Å². The van der Waals surface area contributed by atoms with Crippen LogP contribution in [0.3, 0.4) is 0 Å². The molecular formula is C25H24N6O4. The third kappa shape index (κ3) is 5.21. The molecule has 0 bridgehead atoms. The lowest BCUT2D eigenvalue weighted by atomic mass is 10.1. The molecule has 0 radical (unpaired) electrons. The molecule has 3 heterocycles. The van der Waals surface area contributed by atoms with E-state index in [-0.39, 0.29) is 12.3 Å². The molecule has 0 spiro atoms. The maximum Gasteiger partial charge on any atom is 0.322 e. The maximum atomic E-state index is 12.6. The summed E-state index contributed by atoms with van der Waals surface area (Å²) in [6, 6.07) is 17.8. The number of urea groups is 1. The number of nitrogens with one attached hydrogen (secondary N) is 2. The van der Waals surface area contributed by atoms with Crippen LogP contribution in [0, 0.1) is 0 Å². The first kappa shape index (κ1) is 22.3. The Labute approximate surface area is 201 Å². The minimum Gasteiger partial charge on any atom is -0.457 e. The molecule has 178 valence electrons. The first-order valence-electron chi connectivity index (χ1n) is 11.4. The number of benzene rings is 2. The van der Waals surface area contributed by atoms with Gasteiger partial charge in [-0.1, -0.05) is 18.2 Å². The molecule has 2 aliphatic heterocycles. The van der Waals surface area contributed by atoms with E-state index in [1.807, 2.05) is 65.6 Å². The summed E-state index contributed by atoms with van der Waals surface area (Å²) < 4.78 is 5.85. The van der Waals surface area contributed by atoms with Crippen molar-refractivity contribution >= 4 is 23.8 Å². The van der Waals surface area contributed by atoms with Crippen LogP contribution in [-0.2, 0) is 9.59 Å². The lowest BCUT2D eigenvalue weighted by Crippen LogP contribution is -2.50. The lowest BCUT2D eigenvalue weighted by Gasteiger charge is -2.35. The molecule has 10 nitrogen and oxygen atoms in total. The first-order chi connectivity index (χ1) is 17.0. The second-order valence-electron chi connectivity index (χ2n) is 8.27. The van der Waals surface area contributed by atoms with Gasteiger partial charge in [-0.25, -0.2) is 14.8 Å². The summed E-state index contributed by atoms with van der Waals surface area (Å²) in [6.07, 6.45) is 1.68. The zero-order valence-corrected chi connectivity index (χ0v) is 18.9. The van der Waals surface area contributed by atoms with Crippen LogP contribution in [0.15, 0.2) is 66.9 Å². The smallest absolute Gasteiger partial charge is 0.322 e. The topological polar surface area (TPSA) is 117 Å². The Morgan fingerprint density at radius 3 is 2.34 bits per heavy atom. The molecule has 2 N–H and O–H groups in total. The number of hydrogen-bond donors (Lipinski definition) is 2. The third-order valence-corrected chi connectivity index (χ3v) is 5.92. The molecule has 1 unspecified atom stereocenters. The van der Waals surface area contributed by atoms with Crippen LogP contribution in [0.1, 0.15) is 6.42 Å². The first-order valence-corrected chi connectivity index (χ1v) is 11.4. The van der Waals surface area contributed by atoms with Gasteiger partial charge in [0, 0.05) is 37.9 Å². The molecule has 1 aromatic heterocycles. The minimum absolute atomic E-state index is 0.0481. The van der Waals surface area contributed by atoms with Crippen molar-refractivity contribution in [2.75, 3.05) is 31.1 Å². The molecule has 2 aliphatic rings. The standard InChI is InChI=1S/C25H24N6O4/c32-22(16-21-23(33)29-25(34)28-21)30-12-14-31(15-13-30)24-26-11-10-20(27-24)17-6-8-19(9-7-17)35-18-4-2-1-3-5-18/h1-11,21H,12-16H2,(H2,28,29,33,34). The molecule has 5 rings (SSSR count). The molecule has 3 aromatic rings. The average Bonchev–Trinajstić information content (AvgIpc) is 3.21. The molecule has 0 aliphatic carbocycles. The molecule has 35 heavy (non-hydrogen) atoms. The van der Waals surface area contributed by atoms with E-state index in [1.54, 1.807) is 11.1 Å². The van der Waals surface area contributed by atoms with E-state index in [0.29, 0.717) is 32.1 Å². The van der Waals surface area contributed by atoms with Gasteiger partial charge in [-0.05, 0) is 42.5 Å². The summed E-state index contributed by atoms with van der Waals surface area (Å²) in [7, 11) is 0. The van der Waals surface area contributed by atoms with Crippen LogP contribution in [0.4, 0.5) is 10.7 Å². The van der Waals surface area contributed by atoms with Crippen LogP contribution in [0.5, 0.6) is 11.5 Å².